The van der Waals surface area contributed by atoms with Gasteiger partial charge in [-0.1, -0.05) is 6.92 Å². The van der Waals surface area contributed by atoms with E-state index >= 15 is 0 Å². The predicted molar refractivity (Wildman–Crippen MR) is 81.5 cm³/mol. The van der Waals surface area contributed by atoms with Crippen LogP contribution in [0, 0.1) is 0 Å². The molecule has 2 rings (SSSR count). The van der Waals surface area contributed by atoms with Crippen molar-refractivity contribution in [3.05, 3.63) is 0 Å². The molecule has 0 aromatic heterocycles. The first-order valence-corrected chi connectivity index (χ1v) is 8.06. The van der Waals surface area contributed by atoms with Crippen molar-refractivity contribution in [1.29, 1.82) is 0 Å². The molecule has 2 aliphatic rings. The van der Waals surface area contributed by atoms with E-state index in [2.05, 4.69) is 22.0 Å². The Morgan fingerprint density at radius 3 is 2.90 bits per heavy atom. The molecule has 2 heterocycles. The van der Waals surface area contributed by atoms with Gasteiger partial charge in [-0.2, -0.15) is 0 Å². The highest BCUT2D eigenvalue weighted by Gasteiger charge is 2.34. The van der Waals surface area contributed by atoms with Crippen LogP contribution in [-0.2, 0) is 4.79 Å². The Kier molecular flexibility index (Phi) is 5.41. The minimum absolute atomic E-state index is 0.231. The molecule has 2 atom stereocenters. The molecule has 2 fully saturated rings. The standard InChI is InChI=1S/C15H30N4O/c1-3-7-17-15(2,14(16)20)6-9-18-10-11-19-8-4-5-13(19)12-18/h13,17H,3-12H2,1-2H3,(H2,16,20). The fourth-order valence-electron chi connectivity index (χ4n) is 3.34. The first kappa shape index (κ1) is 15.7. The summed E-state index contributed by atoms with van der Waals surface area (Å²) < 4.78 is 0. The lowest BCUT2D eigenvalue weighted by Crippen LogP contribution is -2.56. The van der Waals surface area contributed by atoms with Crippen LogP contribution in [0.3, 0.4) is 0 Å². The summed E-state index contributed by atoms with van der Waals surface area (Å²) in [4.78, 5) is 16.8. The molecule has 116 valence electrons. The number of hydrogen-bond acceptors (Lipinski definition) is 4. The van der Waals surface area contributed by atoms with Gasteiger partial charge in [0.05, 0.1) is 5.54 Å². The minimum atomic E-state index is -0.567. The summed E-state index contributed by atoms with van der Waals surface area (Å²) in [7, 11) is 0. The molecular formula is C15H30N4O. The number of rotatable bonds is 7. The van der Waals surface area contributed by atoms with Crippen LogP contribution in [0.15, 0.2) is 0 Å². The third-order valence-electron chi connectivity index (χ3n) is 4.91. The highest BCUT2D eigenvalue weighted by atomic mass is 16.1. The number of piperazine rings is 1. The van der Waals surface area contributed by atoms with Crippen molar-refractivity contribution in [2.24, 2.45) is 5.73 Å². The second kappa shape index (κ2) is 6.87. The summed E-state index contributed by atoms with van der Waals surface area (Å²) in [6.07, 6.45) is 4.49. The number of amides is 1. The van der Waals surface area contributed by atoms with Crippen LogP contribution in [0.25, 0.3) is 0 Å². The molecule has 2 unspecified atom stereocenters. The normalized spacial score (nSPS) is 27.2. The molecule has 0 saturated carbocycles. The van der Waals surface area contributed by atoms with E-state index in [0.29, 0.717) is 0 Å². The second-order valence-corrected chi connectivity index (χ2v) is 6.51. The van der Waals surface area contributed by atoms with E-state index in [1.54, 1.807) is 0 Å². The maximum absolute atomic E-state index is 11.7. The third-order valence-corrected chi connectivity index (χ3v) is 4.91. The molecule has 0 bridgehead atoms. The molecule has 1 amide bonds. The molecule has 3 N–H and O–H groups in total. The van der Waals surface area contributed by atoms with Crippen molar-refractivity contribution in [2.45, 2.75) is 51.1 Å². The number of nitrogens with two attached hydrogens (primary N) is 1. The summed E-state index contributed by atoms with van der Waals surface area (Å²) in [5, 5.41) is 3.32. The van der Waals surface area contributed by atoms with Crippen LogP contribution in [-0.4, -0.2) is 66.6 Å². The van der Waals surface area contributed by atoms with E-state index in [9.17, 15) is 4.79 Å². The summed E-state index contributed by atoms with van der Waals surface area (Å²) >= 11 is 0. The van der Waals surface area contributed by atoms with Gasteiger partial charge in [-0.15, -0.1) is 0 Å². The smallest absolute Gasteiger partial charge is 0.237 e. The van der Waals surface area contributed by atoms with Crippen molar-refractivity contribution < 1.29 is 4.79 Å². The van der Waals surface area contributed by atoms with Crippen molar-refractivity contribution in [1.82, 2.24) is 15.1 Å². The molecule has 2 aliphatic heterocycles. The number of fused-ring (bicyclic) bond motifs is 1. The monoisotopic (exact) mass is 282 g/mol. The summed E-state index contributed by atoms with van der Waals surface area (Å²) in [5.74, 6) is -0.231. The van der Waals surface area contributed by atoms with Gasteiger partial charge >= 0.3 is 0 Å². The van der Waals surface area contributed by atoms with Gasteiger partial charge in [-0.25, -0.2) is 0 Å². The molecule has 0 spiro atoms. The number of nitrogens with one attached hydrogen (secondary N) is 1. The van der Waals surface area contributed by atoms with Crippen molar-refractivity contribution in [2.75, 3.05) is 39.3 Å². The Balaban J connectivity index is 1.81. The Bertz CT molecular complexity index is 336. The average Bonchev–Trinajstić information content (AvgIpc) is 2.90. The number of primary amides is 1. The van der Waals surface area contributed by atoms with Gasteiger partial charge in [0.2, 0.25) is 5.91 Å². The molecule has 0 aromatic rings. The van der Waals surface area contributed by atoms with Crippen LogP contribution in [0.5, 0.6) is 0 Å². The number of carbonyl (C=O) groups is 1. The SMILES string of the molecule is CCCNC(C)(CCN1CCN2CCCC2C1)C(N)=O. The van der Waals surface area contributed by atoms with E-state index in [1.807, 2.05) is 6.92 Å². The summed E-state index contributed by atoms with van der Waals surface area (Å²) in [5.41, 5.74) is 5.02. The minimum Gasteiger partial charge on any atom is -0.368 e. The van der Waals surface area contributed by atoms with Gasteiger partial charge in [0.25, 0.3) is 0 Å². The van der Waals surface area contributed by atoms with E-state index < -0.39 is 5.54 Å². The number of hydrogen-bond donors (Lipinski definition) is 2. The molecule has 5 heteroatoms. The first-order chi connectivity index (χ1) is 9.55. The highest BCUT2D eigenvalue weighted by Crippen LogP contribution is 2.22. The Hall–Kier alpha value is -0.650. The van der Waals surface area contributed by atoms with Gasteiger partial charge in [0, 0.05) is 32.2 Å². The van der Waals surface area contributed by atoms with Crippen LogP contribution in [0.1, 0.15) is 39.5 Å². The third kappa shape index (κ3) is 3.71. The second-order valence-electron chi connectivity index (χ2n) is 6.51. The predicted octanol–water partition coefficient (Wildman–Crippen LogP) is 0.400. The van der Waals surface area contributed by atoms with Gasteiger partial charge < -0.3 is 16.0 Å². The lowest BCUT2D eigenvalue weighted by atomic mass is 9.96. The van der Waals surface area contributed by atoms with Crippen LogP contribution < -0.4 is 11.1 Å². The molecule has 2 saturated heterocycles. The summed E-state index contributed by atoms with van der Waals surface area (Å²) in [6, 6.07) is 0.743. The average molecular weight is 282 g/mol. The lowest BCUT2D eigenvalue weighted by Gasteiger charge is -2.39. The van der Waals surface area contributed by atoms with Crippen molar-refractivity contribution >= 4 is 5.91 Å². The zero-order chi connectivity index (χ0) is 14.6. The number of carbonyl (C=O) groups excluding carboxylic acids is 1. The molecule has 0 aliphatic carbocycles. The van der Waals surface area contributed by atoms with Gasteiger partial charge in [-0.05, 0) is 45.7 Å². The molecule has 0 radical (unpaired) electrons. The maximum atomic E-state index is 11.7. The summed E-state index contributed by atoms with van der Waals surface area (Å²) in [6.45, 7) is 10.6. The fraction of sp³-hybridized carbons (Fsp3) is 0.933. The largest absolute Gasteiger partial charge is 0.368 e. The number of nitrogens with zero attached hydrogens (tertiary/aromatic N) is 2. The Labute approximate surface area is 122 Å². The topological polar surface area (TPSA) is 61.6 Å². The first-order valence-electron chi connectivity index (χ1n) is 8.06. The quantitative estimate of drug-likeness (QED) is 0.709. The van der Waals surface area contributed by atoms with Crippen LogP contribution in [0.2, 0.25) is 0 Å². The van der Waals surface area contributed by atoms with E-state index in [0.717, 1.165) is 45.1 Å². The molecule has 5 nitrogen and oxygen atoms in total. The molecule has 20 heavy (non-hydrogen) atoms. The van der Waals surface area contributed by atoms with E-state index in [1.165, 1.54) is 25.9 Å². The zero-order valence-corrected chi connectivity index (χ0v) is 13.0. The zero-order valence-electron chi connectivity index (χ0n) is 13.0. The van der Waals surface area contributed by atoms with Gasteiger partial charge in [-0.3, -0.25) is 9.69 Å². The van der Waals surface area contributed by atoms with E-state index in [4.69, 9.17) is 5.73 Å². The van der Waals surface area contributed by atoms with Gasteiger partial charge in [0.15, 0.2) is 0 Å². The maximum Gasteiger partial charge on any atom is 0.237 e. The Morgan fingerprint density at radius 2 is 2.20 bits per heavy atom. The fourth-order valence-corrected chi connectivity index (χ4v) is 3.34. The van der Waals surface area contributed by atoms with Crippen molar-refractivity contribution in [3.63, 3.8) is 0 Å². The van der Waals surface area contributed by atoms with E-state index in [-0.39, 0.29) is 5.91 Å². The molecular weight excluding hydrogens is 252 g/mol. The van der Waals surface area contributed by atoms with Gasteiger partial charge in [0.1, 0.15) is 0 Å². The Morgan fingerprint density at radius 1 is 1.40 bits per heavy atom. The van der Waals surface area contributed by atoms with Crippen LogP contribution >= 0.6 is 0 Å². The molecule has 0 aromatic carbocycles. The lowest BCUT2D eigenvalue weighted by molar-refractivity contribution is -0.124. The van der Waals surface area contributed by atoms with Crippen molar-refractivity contribution in [3.8, 4) is 0 Å². The highest BCUT2D eigenvalue weighted by molar-refractivity contribution is 5.84. The van der Waals surface area contributed by atoms with Crippen LogP contribution in [0.4, 0.5) is 0 Å².